The summed E-state index contributed by atoms with van der Waals surface area (Å²) in [4.78, 5) is 18.9. The smallest absolute Gasteiger partial charge is 0.326 e. The van der Waals surface area contributed by atoms with Crippen LogP contribution in [0.4, 0.5) is 5.82 Å². The Kier molecular flexibility index (Phi) is 4.04. The normalized spacial score (nSPS) is 12.2. The summed E-state index contributed by atoms with van der Waals surface area (Å²) in [7, 11) is 1.48. The Morgan fingerprint density at radius 3 is 2.69 bits per heavy atom. The maximum atomic E-state index is 11.0. The fraction of sp³-hybridized carbons (Fsp3) is 0.500. The van der Waals surface area contributed by atoms with E-state index >= 15 is 0 Å². The van der Waals surface area contributed by atoms with Crippen LogP contribution in [0.1, 0.15) is 13.8 Å². The number of carbonyl (C=O) groups is 1. The summed E-state index contributed by atoms with van der Waals surface area (Å²) in [5.74, 6) is -0.233. The van der Waals surface area contributed by atoms with Gasteiger partial charge in [0.15, 0.2) is 0 Å². The van der Waals surface area contributed by atoms with Crippen molar-refractivity contribution in [3.63, 3.8) is 0 Å². The highest BCUT2D eigenvalue weighted by molar-refractivity contribution is 5.77. The molecule has 0 saturated heterocycles. The van der Waals surface area contributed by atoms with Crippen LogP contribution in [-0.2, 0) is 4.79 Å². The van der Waals surface area contributed by atoms with Gasteiger partial charge in [-0.2, -0.15) is 4.98 Å². The zero-order valence-electron chi connectivity index (χ0n) is 9.47. The lowest BCUT2D eigenvalue weighted by atomic mass is 10.1. The number of nitrogens with one attached hydrogen (secondary N) is 1. The fourth-order valence-electron chi connectivity index (χ4n) is 1.19. The van der Waals surface area contributed by atoms with E-state index in [-0.39, 0.29) is 5.92 Å². The molecular weight excluding hydrogens is 210 g/mol. The third kappa shape index (κ3) is 3.08. The Hall–Kier alpha value is -1.85. The molecule has 1 aromatic rings. The number of aromatic nitrogens is 2. The Labute approximate surface area is 93.7 Å². The van der Waals surface area contributed by atoms with Gasteiger partial charge in [0.2, 0.25) is 5.88 Å². The zero-order chi connectivity index (χ0) is 12.1. The molecule has 1 heterocycles. The van der Waals surface area contributed by atoms with Gasteiger partial charge in [-0.15, -0.1) is 0 Å². The monoisotopic (exact) mass is 225 g/mol. The predicted octanol–water partition coefficient (Wildman–Crippen LogP) is 1.01. The summed E-state index contributed by atoms with van der Waals surface area (Å²) in [6, 6.07) is -0.693. The first-order valence-electron chi connectivity index (χ1n) is 4.90. The van der Waals surface area contributed by atoms with Crippen molar-refractivity contribution in [2.24, 2.45) is 5.92 Å². The van der Waals surface area contributed by atoms with Crippen molar-refractivity contribution < 1.29 is 14.6 Å². The van der Waals surface area contributed by atoms with E-state index < -0.39 is 12.0 Å². The molecule has 1 unspecified atom stereocenters. The van der Waals surface area contributed by atoms with Crippen molar-refractivity contribution in [3.05, 3.63) is 12.4 Å². The lowest BCUT2D eigenvalue weighted by molar-refractivity contribution is -0.138. The minimum atomic E-state index is -0.917. The van der Waals surface area contributed by atoms with Crippen LogP contribution < -0.4 is 10.1 Å². The summed E-state index contributed by atoms with van der Waals surface area (Å²) in [6.07, 6.45) is 2.91. The first-order chi connectivity index (χ1) is 7.54. The van der Waals surface area contributed by atoms with Crippen LogP contribution in [0, 0.1) is 5.92 Å². The highest BCUT2D eigenvalue weighted by Gasteiger charge is 2.21. The van der Waals surface area contributed by atoms with E-state index in [1.807, 2.05) is 13.8 Å². The number of nitrogens with zero attached hydrogens (tertiary/aromatic N) is 2. The first kappa shape index (κ1) is 12.2. The lowest BCUT2D eigenvalue weighted by Crippen LogP contribution is -2.34. The maximum Gasteiger partial charge on any atom is 0.326 e. The molecule has 1 aromatic heterocycles. The molecular formula is C10H15N3O3. The zero-order valence-corrected chi connectivity index (χ0v) is 9.47. The minimum Gasteiger partial charge on any atom is -0.480 e. The molecule has 88 valence electrons. The standard InChI is InChI=1S/C10H15N3O3/c1-6(2)9(10(14)15)13-7-4-11-5-8(12-7)16-3/h4-6,9H,1-3H3,(H,12,13)(H,14,15). The van der Waals surface area contributed by atoms with Crippen molar-refractivity contribution >= 4 is 11.8 Å². The molecule has 0 fully saturated rings. The van der Waals surface area contributed by atoms with E-state index in [9.17, 15) is 4.79 Å². The van der Waals surface area contributed by atoms with Gasteiger partial charge in [0, 0.05) is 0 Å². The maximum absolute atomic E-state index is 11.0. The van der Waals surface area contributed by atoms with E-state index in [4.69, 9.17) is 9.84 Å². The number of rotatable bonds is 5. The molecule has 0 aliphatic rings. The average molecular weight is 225 g/mol. The van der Waals surface area contributed by atoms with Crippen LogP contribution in [0.2, 0.25) is 0 Å². The second-order valence-corrected chi connectivity index (χ2v) is 3.65. The van der Waals surface area contributed by atoms with Gasteiger partial charge < -0.3 is 15.2 Å². The summed E-state index contributed by atoms with van der Waals surface area (Å²) >= 11 is 0. The molecule has 0 aromatic carbocycles. The minimum absolute atomic E-state index is 0.0505. The largest absolute Gasteiger partial charge is 0.480 e. The van der Waals surface area contributed by atoms with Gasteiger partial charge >= 0.3 is 5.97 Å². The number of ether oxygens (including phenoxy) is 1. The molecule has 0 bridgehead atoms. The first-order valence-corrected chi connectivity index (χ1v) is 4.90. The molecule has 6 nitrogen and oxygen atoms in total. The van der Waals surface area contributed by atoms with Gasteiger partial charge in [0.1, 0.15) is 11.9 Å². The van der Waals surface area contributed by atoms with Crippen molar-refractivity contribution in [1.29, 1.82) is 0 Å². The van der Waals surface area contributed by atoms with Crippen molar-refractivity contribution in [2.45, 2.75) is 19.9 Å². The molecule has 1 rings (SSSR count). The van der Waals surface area contributed by atoms with Crippen LogP contribution in [0.25, 0.3) is 0 Å². The Morgan fingerprint density at radius 2 is 2.19 bits per heavy atom. The Balaban J connectivity index is 2.81. The number of carboxylic acid groups (broad SMARTS) is 1. The second-order valence-electron chi connectivity index (χ2n) is 3.65. The van der Waals surface area contributed by atoms with Gasteiger partial charge in [-0.3, -0.25) is 4.98 Å². The van der Waals surface area contributed by atoms with Gasteiger partial charge in [0.05, 0.1) is 19.5 Å². The number of carboxylic acids is 1. The number of anilines is 1. The highest BCUT2D eigenvalue weighted by atomic mass is 16.5. The van der Waals surface area contributed by atoms with E-state index in [2.05, 4.69) is 15.3 Å². The molecule has 0 aliphatic heterocycles. The van der Waals surface area contributed by atoms with E-state index in [0.29, 0.717) is 11.7 Å². The molecule has 16 heavy (non-hydrogen) atoms. The molecule has 1 atom stereocenters. The van der Waals surface area contributed by atoms with Crippen LogP contribution in [0.15, 0.2) is 12.4 Å². The van der Waals surface area contributed by atoms with Crippen LogP contribution in [0.5, 0.6) is 5.88 Å². The molecule has 0 radical (unpaired) electrons. The second kappa shape index (κ2) is 5.29. The summed E-state index contributed by atoms with van der Waals surface area (Å²) in [5, 5.41) is 11.8. The predicted molar refractivity (Wildman–Crippen MR) is 58.5 cm³/mol. The lowest BCUT2D eigenvalue weighted by Gasteiger charge is -2.18. The quantitative estimate of drug-likeness (QED) is 0.777. The third-order valence-electron chi connectivity index (χ3n) is 2.06. The molecule has 2 N–H and O–H groups in total. The Morgan fingerprint density at radius 1 is 1.50 bits per heavy atom. The van der Waals surface area contributed by atoms with Gasteiger partial charge in [-0.25, -0.2) is 4.79 Å². The van der Waals surface area contributed by atoms with Crippen LogP contribution in [0.3, 0.4) is 0 Å². The summed E-state index contributed by atoms with van der Waals surface area (Å²) in [6.45, 7) is 3.64. The Bertz CT molecular complexity index is 368. The van der Waals surface area contributed by atoms with Gasteiger partial charge in [-0.05, 0) is 5.92 Å². The van der Waals surface area contributed by atoms with Crippen molar-refractivity contribution in [1.82, 2.24) is 9.97 Å². The highest BCUT2D eigenvalue weighted by Crippen LogP contribution is 2.12. The van der Waals surface area contributed by atoms with Crippen LogP contribution in [-0.4, -0.2) is 34.2 Å². The van der Waals surface area contributed by atoms with Crippen LogP contribution >= 0.6 is 0 Å². The number of hydrogen-bond acceptors (Lipinski definition) is 5. The topological polar surface area (TPSA) is 84.3 Å². The van der Waals surface area contributed by atoms with Gasteiger partial charge in [0.25, 0.3) is 0 Å². The number of aliphatic carboxylic acids is 1. The molecule has 0 amide bonds. The fourth-order valence-corrected chi connectivity index (χ4v) is 1.19. The van der Waals surface area contributed by atoms with Gasteiger partial charge in [-0.1, -0.05) is 13.8 Å². The number of hydrogen-bond donors (Lipinski definition) is 2. The summed E-state index contributed by atoms with van der Waals surface area (Å²) in [5.41, 5.74) is 0. The molecule has 6 heteroatoms. The van der Waals surface area contributed by atoms with Crippen molar-refractivity contribution in [2.75, 3.05) is 12.4 Å². The molecule has 0 aliphatic carbocycles. The number of methoxy groups -OCH3 is 1. The molecule has 0 spiro atoms. The van der Waals surface area contributed by atoms with Crippen molar-refractivity contribution in [3.8, 4) is 5.88 Å². The average Bonchev–Trinajstić information content (AvgIpc) is 2.25. The SMILES string of the molecule is COc1cncc(NC(C(=O)O)C(C)C)n1. The van der Waals surface area contributed by atoms with E-state index in [1.165, 1.54) is 19.5 Å². The van der Waals surface area contributed by atoms with E-state index in [1.54, 1.807) is 0 Å². The third-order valence-corrected chi connectivity index (χ3v) is 2.06. The molecule has 0 saturated carbocycles. The summed E-state index contributed by atoms with van der Waals surface area (Å²) < 4.78 is 4.90. The van der Waals surface area contributed by atoms with E-state index in [0.717, 1.165) is 0 Å².